The zero-order chi connectivity index (χ0) is 14.8. The average molecular weight is 316 g/mol. The molecule has 0 radical (unpaired) electrons. The predicted molar refractivity (Wildman–Crippen MR) is 87.9 cm³/mol. The number of benzene rings is 1. The number of nitrogens with one attached hydrogen (secondary N) is 1. The van der Waals surface area contributed by atoms with Crippen LogP contribution in [0.15, 0.2) is 24.3 Å². The summed E-state index contributed by atoms with van der Waals surface area (Å²) in [6, 6.07) is 7.38. The molecule has 6 heteroatoms. The van der Waals surface area contributed by atoms with Gasteiger partial charge in [-0.25, -0.2) is 0 Å². The molecule has 0 saturated heterocycles. The van der Waals surface area contributed by atoms with Crippen molar-refractivity contribution in [3.8, 4) is 0 Å². The molecule has 0 atom stereocenters. The minimum absolute atomic E-state index is 0. The molecule has 0 aliphatic rings. The smallest absolute Gasteiger partial charge is 0.251 e. The normalized spacial score (nSPS) is 10.3. The second-order valence-corrected chi connectivity index (χ2v) is 4.81. The fourth-order valence-corrected chi connectivity index (χ4v) is 1.80. The van der Waals surface area contributed by atoms with E-state index in [2.05, 4.69) is 10.2 Å². The van der Waals surface area contributed by atoms with Gasteiger partial charge in [0.1, 0.15) is 0 Å². The van der Waals surface area contributed by atoms with E-state index in [9.17, 15) is 4.79 Å². The number of ether oxygens (including phenoxy) is 1. The maximum atomic E-state index is 11.9. The number of carbonyl (C=O) groups is 1. The van der Waals surface area contributed by atoms with E-state index in [1.807, 2.05) is 31.3 Å². The van der Waals surface area contributed by atoms with Gasteiger partial charge in [-0.2, -0.15) is 0 Å². The molecular formula is C15H26ClN3O2. The summed E-state index contributed by atoms with van der Waals surface area (Å²) in [5, 5.41) is 2.92. The maximum absolute atomic E-state index is 11.9. The van der Waals surface area contributed by atoms with Gasteiger partial charge in [0.15, 0.2) is 0 Å². The number of methoxy groups -OCH3 is 1. The molecule has 0 aliphatic heterocycles. The lowest BCUT2D eigenvalue weighted by Crippen LogP contribution is -2.29. The van der Waals surface area contributed by atoms with E-state index in [-0.39, 0.29) is 18.3 Å². The van der Waals surface area contributed by atoms with Crippen LogP contribution in [0.1, 0.15) is 22.3 Å². The molecule has 3 N–H and O–H groups in total. The van der Waals surface area contributed by atoms with E-state index in [1.54, 1.807) is 7.11 Å². The van der Waals surface area contributed by atoms with Gasteiger partial charge in [0, 0.05) is 32.3 Å². The number of nitrogens with two attached hydrogens (primary N) is 1. The molecule has 0 fully saturated rings. The number of likely N-dealkylation sites (N-methyl/N-ethyl adjacent to an activating group) is 1. The highest BCUT2D eigenvalue weighted by atomic mass is 35.5. The SMILES string of the molecule is COCCN(C)CCCNC(=O)c1ccc(CN)cc1.Cl. The van der Waals surface area contributed by atoms with Crippen molar-refractivity contribution < 1.29 is 9.53 Å². The zero-order valence-electron chi connectivity index (χ0n) is 12.8. The first-order valence-electron chi connectivity index (χ1n) is 6.92. The molecule has 1 aromatic rings. The summed E-state index contributed by atoms with van der Waals surface area (Å²) < 4.78 is 5.01. The molecule has 21 heavy (non-hydrogen) atoms. The lowest BCUT2D eigenvalue weighted by atomic mass is 10.1. The van der Waals surface area contributed by atoms with Crippen LogP contribution in [0.25, 0.3) is 0 Å². The Labute approximate surface area is 133 Å². The third-order valence-electron chi connectivity index (χ3n) is 3.13. The highest BCUT2D eigenvalue weighted by molar-refractivity contribution is 5.94. The summed E-state index contributed by atoms with van der Waals surface area (Å²) in [7, 11) is 3.75. The highest BCUT2D eigenvalue weighted by Crippen LogP contribution is 2.03. The fourth-order valence-electron chi connectivity index (χ4n) is 1.80. The van der Waals surface area contributed by atoms with Crippen molar-refractivity contribution in [1.82, 2.24) is 10.2 Å². The van der Waals surface area contributed by atoms with Gasteiger partial charge in [0.05, 0.1) is 6.61 Å². The van der Waals surface area contributed by atoms with Crippen LogP contribution < -0.4 is 11.1 Å². The molecule has 0 saturated carbocycles. The lowest BCUT2D eigenvalue weighted by molar-refractivity contribution is 0.0951. The zero-order valence-corrected chi connectivity index (χ0v) is 13.6. The van der Waals surface area contributed by atoms with Crippen molar-refractivity contribution in [2.24, 2.45) is 5.73 Å². The van der Waals surface area contributed by atoms with Gasteiger partial charge in [-0.3, -0.25) is 4.79 Å². The van der Waals surface area contributed by atoms with Gasteiger partial charge < -0.3 is 20.7 Å². The molecule has 1 aromatic carbocycles. The van der Waals surface area contributed by atoms with Crippen LogP contribution in [-0.2, 0) is 11.3 Å². The van der Waals surface area contributed by atoms with E-state index in [1.165, 1.54) is 0 Å². The Morgan fingerprint density at radius 2 is 1.95 bits per heavy atom. The molecule has 120 valence electrons. The van der Waals surface area contributed by atoms with Crippen LogP contribution in [0.3, 0.4) is 0 Å². The Kier molecular flexibility index (Phi) is 10.9. The van der Waals surface area contributed by atoms with Gasteiger partial charge in [0.2, 0.25) is 0 Å². The van der Waals surface area contributed by atoms with Gasteiger partial charge in [-0.15, -0.1) is 12.4 Å². The number of nitrogens with zero attached hydrogens (tertiary/aromatic N) is 1. The van der Waals surface area contributed by atoms with Crippen LogP contribution in [0, 0.1) is 0 Å². The number of halogens is 1. The van der Waals surface area contributed by atoms with Crippen LogP contribution in [0.5, 0.6) is 0 Å². The quantitative estimate of drug-likeness (QED) is 0.673. The molecule has 0 spiro atoms. The second kappa shape index (κ2) is 11.5. The highest BCUT2D eigenvalue weighted by Gasteiger charge is 2.04. The third kappa shape index (κ3) is 8.02. The van der Waals surface area contributed by atoms with Crippen molar-refractivity contribution in [3.05, 3.63) is 35.4 Å². The van der Waals surface area contributed by atoms with Gasteiger partial charge >= 0.3 is 0 Å². The number of carbonyl (C=O) groups excluding carboxylic acids is 1. The van der Waals surface area contributed by atoms with Crippen molar-refractivity contribution >= 4 is 18.3 Å². The fraction of sp³-hybridized carbons (Fsp3) is 0.533. The molecule has 0 bridgehead atoms. The Morgan fingerprint density at radius 1 is 1.29 bits per heavy atom. The van der Waals surface area contributed by atoms with Gasteiger partial charge in [-0.05, 0) is 37.7 Å². The molecular weight excluding hydrogens is 290 g/mol. The number of amides is 1. The van der Waals surface area contributed by atoms with E-state index < -0.39 is 0 Å². The van der Waals surface area contributed by atoms with Crippen molar-refractivity contribution in [2.45, 2.75) is 13.0 Å². The van der Waals surface area contributed by atoms with Gasteiger partial charge in [-0.1, -0.05) is 12.1 Å². The summed E-state index contributed by atoms with van der Waals surface area (Å²) in [6.45, 7) is 3.75. The monoisotopic (exact) mass is 315 g/mol. The summed E-state index contributed by atoms with van der Waals surface area (Å²) in [6.07, 6.45) is 0.923. The summed E-state index contributed by atoms with van der Waals surface area (Å²) in [4.78, 5) is 14.1. The average Bonchev–Trinajstić information content (AvgIpc) is 2.49. The molecule has 1 amide bonds. The first-order chi connectivity index (χ1) is 9.67. The summed E-state index contributed by atoms with van der Waals surface area (Å²) in [5.41, 5.74) is 7.23. The van der Waals surface area contributed by atoms with Crippen LogP contribution >= 0.6 is 12.4 Å². The maximum Gasteiger partial charge on any atom is 0.251 e. The van der Waals surface area contributed by atoms with E-state index in [0.717, 1.165) is 31.7 Å². The number of hydrogen-bond acceptors (Lipinski definition) is 4. The Balaban J connectivity index is 0.00000400. The molecule has 0 aliphatic carbocycles. The minimum atomic E-state index is -0.0342. The first-order valence-corrected chi connectivity index (χ1v) is 6.92. The molecule has 0 heterocycles. The topological polar surface area (TPSA) is 67.6 Å². The van der Waals surface area contributed by atoms with Crippen LogP contribution in [0.2, 0.25) is 0 Å². The Hall–Kier alpha value is -1.14. The Morgan fingerprint density at radius 3 is 2.52 bits per heavy atom. The number of hydrogen-bond donors (Lipinski definition) is 2. The molecule has 1 rings (SSSR count). The van der Waals surface area contributed by atoms with E-state index in [0.29, 0.717) is 18.7 Å². The molecule has 5 nitrogen and oxygen atoms in total. The summed E-state index contributed by atoms with van der Waals surface area (Å²) in [5.74, 6) is -0.0342. The standard InChI is InChI=1S/C15H25N3O2.ClH/c1-18(10-11-20-2)9-3-8-17-15(19)14-6-4-13(12-16)5-7-14;/h4-7H,3,8-12,16H2,1-2H3,(H,17,19);1H. The second-order valence-electron chi connectivity index (χ2n) is 4.81. The Bertz CT molecular complexity index is 398. The van der Waals surface area contributed by atoms with Gasteiger partial charge in [0.25, 0.3) is 5.91 Å². The first kappa shape index (κ1) is 19.9. The van der Waals surface area contributed by atoms with E-state index in [4.69, 9.17) is 10.5 Å². The van der Waals surface area contributed by atoms with Crippen molar-refractivity contribution in [1.29, 1.82) is 0 Å². The van der Waals surface area contributed by atoms with Crippen molar-refractivity contribution in [2.75, 3.05) is 40.4 Å². The molecule has 0 aromatic heterocycles. The number of rotatable bonds is 9. The molecule has 0 unspecified atom stereocenters. The summed E-state index contributed by atoms with van der Waals surface area (Å²) >= 11 is 0. The third-order valence-corrected chi connectivity index (χ3v) is 3.13. The largest absolute Gasteiger partial charge is 0.383 e. The van der Waals surface area contributed by atoms with E-state index >= 15 is 0 Å². The van der Waals surface area contributed by atoms with Crippen LogP contribution in [-0.4, -0.2) is 51.2 Å². The van der Waals surface area contributed by atoms with Crippen molar-refractivity contribution in [3.63, 3.8) is 0 Å². The lowest BCUT2D eigenvalue weighted by Gasteiger charge is -2.15. The predicted octanol–water partition coefficient (Wildman–Crippen LogP) is 1.27. The van der Waals surface area contributed by atoms with Crippen LogP contribution in [0.4, 0.5) is 0 Å². The minimum Gasteiger partial charge on any atom is -0.383 e.